The van der Waals surface area contributed by atoms with E-state index in [1.807, 2.05) is 4.90 Å². The molecule has 1 unspecified atom stereocenters. The van der Waals surface area contributed by atoms with Crippen LogP contribution in [0.3, 0.4) is 0 Å². The molecule has 1 saturated heterocycles. The molecule has 1 amide bonds. The molecule has 0 bridgehead atoms. The van der Waals surface area contributed by atoms with Crippen molar-refractivity contribution in [1.29, 1.82) is 0 Å². The first kappa shape index (κ1) is 15.0. The number of nitrogens with zero attached hydrogens (tertiary/aromatic N) is 4. The van der Waals surface area contributed by atoms with E-state index in [9.17, 15) is 4.79 Å². The van der Waals surface area contributed by atoms with Gasteiger partial charge in [0.1, 0.15) is 0 Å². The molecule has 1 aromatic rings. The zero-order valence-corrected chi connectivity index (χ0v) is 12.5. The largest absolute Gasteiger partial charge is 0.341 e. The molecule has 1 aromatic heterocycles. The molecular formula is C14H25N5O. The van der Waals surface area contributed by atoms with Gasteiger partial charge < -0.3 is 10.2 Å². The number of carbonyl (C=O) groups is 1. The van der Waals surface area contributed by atoms with Gasteiger partial charge in [0.05, 0.1) is 12.7 Å². The summed E-state index contributed by atoms with van der Waals surface area (Å²) in [5.41, 5.74) is 0. The van der Waals surface area contributed by atoms with E-state index in [1.165, 1.54) is 12.8 Å². The lowest BCUT2D eigenvalue weighted by molar-refractivity contribution is -0.132. The Hall–Kier alpha value is -1.43. The second-order valence-electron chi connectivity index (χ2n) is 5.90. The highest BCUT2D eigenvalue weighted by atomic mass is 16.2. The number of rotatable bonds is 7. The van der Waals surface area contributed by atoms with Crippen molar-refractivity contribution in [2.45, 2.75) is 45.7 Å². The van der Waals surface area contributed by atoms with Gasteiger partial charge in [-0.1, -0.05) is 19.1 Å². The Labute approximate surface area is 120 Å². The van der Waals surface area contributed by atoms with Gasteiger partial charge in [-0.3, -0.25) is 9.48 Å². The van der Waals surface area contributed by atoms with E-state index in [0.717, 1.165) is 19.6 Å². The molecule has 1 aliphatic heterocycles. The predicted octanol–water partition coefficient (Wildman–Crippen LogP) is 0.905. The van der Waals surface area contributed by atoms with E-state index in [4.69, 9.17) is 0 Å². The van der Waals surface area contributed by atoms with Crippen LogP contribution in [0.15, 0.2) is 12.4 Å². The highest BCUT2D eigenvalue weighted by Gasteiger charge is 2.21. The minimum atomic E-state index is 0.211. The maximum Gasteiger partial charge on any atom is 0.224 e. The van der Waals surface area contributed by atoms with Gasteiger partial charge in [0, 0.05) is 31.7 Å². The summed E-state index contributed by atoms with van der Waals surface area (Å²) in [6, 6.07) is 0.462. The van der Waals surface area contributed by atoms with Crippen LogP contribution in [0, 0.1) is 5.92 Å². The molecule has 112 valence electrons. The molecular weight excluding hydrogens is 254 g/mol. The van der Waals surface area contributed by atoms with Gasteiger partial charge in [0.25, 0.3) is 0 Å². The van der Waals surface area contributed by atoms with Crippen LogP contribution in [-0.2, 0) is 11.3 Å². The summed E-state index contributed by atoms with van der Waals surface area (Å²) < 4.78 is 1.71. The van der Waals surface area contributed by atoms with Gasteiger partial charge in [-0.25, -0.2) is 0 Å². The maximum atomic E-state index is 12.4. The molecule has 0 radical (unpaired) electrons. The highest BCUT2D eigenvalue weighted by Crippen LogP contribution is 2.10. The number of carbonyl (C=O) groups excluding carboxylic acids is 1. The molecule has 1 atom stereocenters. The molecule has 2 rings (SSSR count). The third-order valence-corrected chi connectivity index (χ3v) is 3.57. The molecule has 0 aliphatic carbocycles. The minimum Gasteiger partial charge on any atom is -0.341 e. The van der Waals surface area contributed by atoms with Crippen molar-refractivity contribution in [1.82, 2.24) is 25.2 Å². The zero-order valence-electron chi connectivity index (χ0n) is 12.5. The molecule has 1 N–H and O–H groups in total. The Kier molecular flexibility index (Phi) is 5.52. The van der Waals surface area contributed by atoms with E-state index in [1.54, 1.807) is 17.1 Å². The van der Waals surface area contributed by atoms with Crippen LogP contribution in [0.25, 0.3) is 0 Å². The Morgan fingerprint density at radius 2 is 2.40 bits per heavy atom. The smallest absolute Gasteiger partial charge is 0.224 e. The van der Waals surface area contributed by atoms with Crippen LogP contribution >= 0.6 is 0 Å². The fraction of sp³-hybridized carbons (Fsp3) is 0.786. The summed E-state index contributed by atoms with van der Waals surface area (Å²) in [6.45, 7) is 7.64. The van der Waals surface area contributed by atoms with Crippen molar-refractivity contribution >= 4 is 5.91 Å². The first-order valence-electron chi connectivity index (χ1n) is 7.50. The Balaban J connectivity index is 1.85. The third kappa shape index (κ3) is 4.59. The zero-order chi connectivity index (χ0) is 14.4. The highest BCUT2D eigenvalue weighted by molar-refractivity contribution is 5.76. The van der Waals surface area contributed by atoms with Crippen LogP contribution < -0.4 is 5.32 Å². The molecule has 0 saturated carbocycles. The third-order valence-electron chi connectivity index (χ3n) is 3.57. The van der Waals surface area contributed by atoms with E-state index < -0.39 is 0 Å². The number of amides is 1. The minimum absolute atomic E-state index is 0.211. The van der Waals surface area contributed by atoms with Gasteiger partial charge in [-0.05, 0) is 25.3 Å². The molecule has 2 heterocycles. The van der Waals surface area contributed by atoms with Crippen LogP contribution in [0.5, 0.6) is 0 Å². The number of hydrogen-bond donors (Lipinski definition) is 1. The summed E-state index contributed by atoms with van der Waals surface area (Å²) in [6.07, 6.45) is 6.30. The van der Waals surface area contributed by atoms with Crippen LogP contribution in [0.1, 0.15) is 33.1 Å². The molecule has 6 heteroatoms. The molecule has 0 spiro atoms. The van der Waals surface area contributed by atoms with Gasteiger partial charge in [0.15, 0.2) is 0 Å². The summed E-state index contributed by atoms with van der Waals surface area (Å²) in [5, 5.41) is 11.1. The molecule has 0 aromatic carbocycles. The average molecular weight is 279 g/mol. The molecule has 1 fully saturated rings. The first-order chi connectivity index (χ1) is 9.65. The summed E-state index contributed by atoms with van der Waals surface area (Å²) in [4.78, 5) is 14.4. The Morgan fingerprint density at radius 3 is 3.00 bits per heavy atom. The first-order valence-corrected chi connectivity index (χ1v) is 7.50. The number of nitrogens with one attached hydrogen (secondary N) is 1. The SMILES string of the molecule is CC(C)CN(CC1CCCN1)C(=O)CCn1ccnn1. The summed E-state index contributed by atoms with van der Waals surface area (Å²) in [7, 11) is 0. The summed E-state index contributed by atoms with van der Waals surface area (Å²) in [5.74, 6) is 0.703. The van der Waals surface area contributed by atoms with Gasteiger partial charge in [0.2, 0.25) is 5.91 Å². The lowest BCUT2D eigenvalue weighted by Crippen LogP contribution is -2.43. The van der Waals surface area contributed by atoms with Crippen molar-refractivity contribution in [2.75, 3.05) is 19.6 Å². The number of aromatic nitrogens is 3. The maximum absolute atomic E-state index is 12.4. The number of aryl methyl sites for hydroxylation is 1. The van der Waals surface area contributed by atoms with Crippen LogP contribution in [0.2, 0.25) is 0 Å². The second kappa shape index (κ2) is 7.38. The second-order valence-corrected chi connectivity index (χ2v) is 5.90. The van der Waals surface area contributed by atoms with Crippen LogP contribution in [-0.4, -0.2) is 51.5 Å². The quantitative estimate of drug-likeness (QED) is 0.805. The molecule has 1 aliphatic rings. The molecule has 20 heavy (non-hydrogen) atoms. The normalized spacial score (nSPS) is 18.6. The van der Waals surface area contributed by atoms with Gasteiger partial charge in [-0.15, -0.1) is 5.10 Å². The van der Waals surface area contributed by atoms with Crippen molar-refractivity contribution in [3.63, 3.8) is 0 Å². The lowest BCUT2D eigenvalue weighted by atomic mass is 10.1. The van der Waals surface area contributed by atoms with Gasteiger partial charge >= 0.3 is 0 Å². The standard InChI is InChI=1S/C14H25N5O/c1-12(2)10-18(11-13-4-3-6-15-13)14(20)5-8-19-9-7-16-17-19/h7,9,12-13,15H,3-6,8,10-11H2,1-2H3. The van der Waals surface area contributed by atoms with E-state index >= 15 is 0 Å². The fourth-order valence-corrected chi connectivity index (χ4v) is 2.62. The number of hydrogen-bond acceptors (Lipinski definition) is 4. The fourth-order valence-electron chi connectivity index (χ4n) is 2.62. The van der Waals surface area contributed by atoms with Gasteiger partial charge in [-0.2, -0.15) is 0 Å². The van der Waals surface area contributed by atoms with E-state index in [0.29, 0.717) is 24.9 Å². The average Bonchev–Trinajstić information content (AvgIpc) is 3.07. The van der Waals surface area contributed by atoms with Crippen molar-refractivity contribution in [2.24, 2.45) is 5.92 Å². The Morgan fingerprint density at radius 1 is 1.55 bits per heavy atom. The lowest BCUT2D eigenvalue weighted by Gasteiger charge is -2.27. The molecule has 6 nitrogen and oxygen atoms in total. The van der Waals surface area contributed by atoms with Crippen molar-refractivity contribution in [3.8, 4) is 0 Å². The monoisotopic (exact) mass is 279 g/mol. The van der Waals surface area contributed by atoms with Crippen LogP contribution in [0.4, 0.5) is 0 Å². The van der Waals surface area contributed by atoms with E-state index in [2.05, 4.69) is 29.5 Å². The van der Waals surface area contributed by atoms with E-state index in [-0.39, 0.29) is 5.91 Å². The summed E-state index contributed by atoms with van der Waals surface area (Å²) >= 11 is 0. The van der Waals surface area contributed by atoms with Crippen molar-refractivity contribution in [3.05, 3.63) is 12.4 Å². The van der Waals surface area contributed by atoms with Crippen molar-refractivity contribution < 1.29 is 4.79 Å². The Bertz CT molecular complexity index is 398. The predicted molar refractivity (Wildman–Crippen MR) is 77.1 cm³/mol. The topological polar surface area (TPSA) is 63.1 Å².